The highest BCUT2D eigenvalue weighted by molar-refractivity contribution is 6.42. The molecule has 23 heavy (non-hydrogen) atoms. The van der Waals surface area contributed by atoms with E-state index in [2.05, 4.69) is 10.6 Å². The number of benzene rings is 2. The lowest BCUT2D eigenvalue weighted by atomic mass is 10.1. The third kappa shape index (κ3) is 4.77. The second kappa shape index (κ2) is 7.10. The Bertz CT molecular complexity index is 720. The first kappa shape index (κ1) is 17.4. The molecule has 122 valence electrons. The standard InChI is InChI=1S/C15H11Cl2F3N2O/c16-11-6-5-9(7-12(11)17)21-8-14(23)22-13-4-2-1-3-10(13)15(18,19)20/h1-7,21H,8H2,(H,22,23). The van der Waals surface area contributed by atoms with Gasteiger partial charge < -0.3 is 10.6 Å². The molecule has 2 aromatic carbocycles. The van der Waals surface area contributed by atoms with Gasteiger partial charge in [-0.1, -0.05) is 35.3 Å². The summed E-state index contributed by atoms with van der Waals surface area (Å²) in [6, 6.07) is 9.43. The van der Waals surface area contributed by atoms with E-state index >= 15 is 0 Å². The van der Waals surface area contributed by atoms with Crippen molar-refractivity contribution in [3.05, 3.63) is 58.1 Å². The number of alkyl halides is 3. The highest BCUT2D eigenvalue weighted by atomic mass is 35.5. The maximum absolute atomic E-state index is 12.8. The summed E-state index contributed by atoms with van der Waals surface area (Å²) in [5.74, 6) is -0.618. The number of rotatable bonds is 4. The van der Waals surface area contributed by atoms with Crippen LogP contribution in [0.5, 0.6) is 0 Å². The summed E-state index contributed by atoms with van der Waals surface area (Å²) in [6.07, 6.45) is -4.54. The summed E-state index contributed by atoms with van der Waals surface area (Å²) in [4.78, 5) is 11.8. The van der Waals surface area contributed by atoms with Crippen LogP contribution in [-0.2, 0) is 11.0 Å². The molecule has 2 N–H and O–H groups in total. The Morgan fingerprint density at radius 2 is 1.74 bits per heavy atom. The van der Waals surface area contributed by atoms with Crippen molar-refractivity contribution in [2.75, 3.05) is 17.2 Å². The third-order valence-electron chi connectivity index (χ3n) is 2.88. The Kier molecular flexibility index (Phi) is 5.38. The Balaban J connectivity index is 2.02. The van der Waals surface area contributed by atoms with Crippen molar-refractivity contribution in [2.45, 2.75) is 6.18 Å². The molecule has 0 radical (unpaired) electrons. The van der Waals surface area contributed by atoms with Crippen molar-refractivity contribution in [3.63, 3.8) is 0 Å². The van der Waals surface area contributed by atoms with E-state index in [1.165, 1.54) is 24.3 Å². The van der Waals surface area contributed by atoms with Gasteiger partial charge in [-0.2, -0.15) is 13.2 Å². The largest absolute Gasteiger partial charge is 0.418 e. The smallest absolute Gasteiger partial charge is 0.376 e. The monoisotopic (exact) mass is 362 g/mol. The second-order valence-electron chi connectivity index (χ2n) is 4.57. The number of hydrogen-bond donors (Lipinski definition) is 2. The van der Waals surface area contributed by atoms with Crippen molar-refractivity contribution >= 4 is 40.5 Å². The maximum Gasteiger partial charge on any atom is 0.418 e. The minimum absolute atomic E-state index is 0.218. The molecule has 1 amide bonds. The van der Waals surface area contributed by atoms with E-state index in [0.29, 0.717) is 15.7 Å². The molecule has 0 unspecified atom stereocenters. The van der Waals surface area contributed by atoms with Crippen LogP contribution in [0, 0.1) is 0 Å². The maximum atomic E-state index is 12.8. The van der Waals surface area contributed by atoms with Gasteiger partial charge in [0.25, 0.3) is 0 Å². The van der Waals surface area contributed by atoms with Gasteiger partial charge in [-0.15, -0.1) is 0 Å². The predicted molar refractivity (Wildman–Crippen MR) is 85.0 cm³/mol. The molecule has 0 saturated heterocycles. The van der Waals surface area contributed by atoms with Crippen LogP contribution in [0.25, 0.3) is 0 Å². The van der Waals surface area contributed by atoms with Crippen molar-refractivity contribution < 1.29 is 18.0 Å². The number of para-hydroxylation sites is 1. The topological polar surface area (TPSA) is 41.1 Å². The first-order valence-electron chi connectivity index (χ1n) is 6.42. The van der Waals surface area contributed by atoms with Crippen LogP contribution >= 0.6 is 23.2 Å². The predicted octanol–water partition coefficient (Wildman–Crippen LogP) is 5.06. The summed E-state index contributed by atoms with van der Waals surface area (Å²) < 4.78 is 38.5. The van der Waals surface area contributed by atoms with Crippen LogP contribution in [0.4, 0.5) is 24.5 Å². The van der Waals surface area contributed by atoms with Crippen LogP contribution in [0.1, 0.15) is 5.56 Å². The second-order valence-corrected chi connectivity index (χ2v) is 5.39. The summed E-state index contributed by atoms with van der Waals surface area (Å²) in [7, 11) is 0. The first-order valence-corrected chi connectivity index (χ1v) is 7.18. The van der Waals surface area contributed by atoms with Crippen molar-refractivity contribution in [1.29, 1.82) is 0 Å². The van der Waals surface area contributed by atoms with Crippen molar-refractivity contribution in [1.82, 2.24) is 0 Å². The van der Waals surface area contributed by atoms with Gasteiger partial charge in [-0.3, -0.25) is 4.79 Å². The number of hydrogen-bond acceptors (Lipinski definition) is 2. The van der Waals surface area contributed by atoms with Gasteiger partial charge in [0.05, 0.1) is 27.8 Å². The molecule has 2 aromatic rings. The minimum atomic E-state index is -4.54. The molecule has 0 aromatic heterocycles. The first-order chi connectivity index (χ1) is 10.8. The van der Waals surface area contributed by atoms with E-state index in [4.69, 9.17) is 23.2 Å². The molecule has 0 saturated carbocycles. The molecule has 0 aliphatic rings. The lowest BCUT2D eigenvalue weighted by Gasteiger charge is -2.14. The molecule has 0 heterocycles. The molecule has 0 aliphatic carbocycles. The van der Waals surface area contributed by atoms with Gasteiger partial charge >= 0.3 is 6.18 Å². The summed E-state index contributed by atoms with van der Waals surface area (Å²) in [6.45, 7) is -0.218. The molecule has 8 heteroatoms. The van der Waals surface area contributed by atoms with Gasteiger partial charge in [-0.25, -0.2) is 0 Å². The molecule has 0 spiro atoms. The number of carbonyl (C=O) groups excluding carboxylic acids is 1. The average molecular weight is 363 g/mol. The molecular weight excluding hydrogens is 352 g/mol. The molecular formula is C15H11Cl2F3N2O. The number of halogens is 5. The number of carbonyl (C=O) groups is 1. The van der Waals surface area contributed by atoms with Crippen LogP contribution in [0.15, 0.2) is 42.5 Å². The van der Waals surface area contributed by atoms with E-state index in [1.807, 2.05) is 0 Å². The minimum Gasteiger partial charge on any atom is -0.376 e. The number of nitrogens with one attached hydrogen (secondary N) is 2. The SMILES string of the molecule is O=C(CNc1ccc(Cl)c(Cl)c1)Nc1ccccc1C(F)(F)F. The lowest BCUT2D eigenvalue weighted by Crippen LogP contribution is -2.23. The summed E-state index contributed by atoms with van der Waals surface area (Å²) >= 11 is 11.6. The third-order valence-corrected chi connectivity index (χ3v) is 3.62. The van der Waals surface area contributed by atoms with Crippen LogP contribution in [-0.4, -0.2) is 12.5 Å². The van der Waals surface area contributed by atoms with E-state index in [1.54, 1.807) is 12.1 Å². The quantitative estimate of drug-likeness (QED) is 0.797. The molecule has 0 fully saturated rings. The van der Waals surface area contributed by atoms with Gasteiger partial charge in [0.15, 0.2) is 0 Å². The van der Waals surface area contributed by atoms with Crippen LogP contribution < -0.4 is 10.6 Å². The van der Waals surface area contributed by atoms with Crippen molar-refractivity contribution in [2.24, 2.45) is 0 Å². The fourth-order valence-electron chi connectivity index (χ4n) is 1.82. The molecule has 2 rings (SSSR count). The number of amides is 1. The Labute approximate surface area is 140 Å². The fourth-order valence-corrected chi connectivity index (χ4v) is 2.12. The van der Waals surface area contributed by atoms with Gasteiger partial charge in [0.1, 0.15) is 0 Å². The van der Waals surface area contributed by atoms with Crippen molar-refractivity contribution in [3.8, 4) is 0 Å². The number of anilines is 2. The van der Waals surface area contributed by atoms with Gasteiger partial charge in [0, 0.05) is 5.69 Å². The Morgan fingerprint density at radius 3 is 2.39 bits per heavy atom. The normalized spacial score (nSPS) is 11.2. The molecule has 0 bridgehead atoms. The zero-order valence-electron chi connectivity index (χ0n) is 11.5. The van der Waals surface area contributed by atoms with Gasteiger partial charge in [0.2, 0.25) is 5.91 Å². The van der Waals surface area contributed by atoms with E-state index in [0.717, 1.165) is 6.07 Å². The Hall–Kier alpha value is -1.92. The lowest BCUT2D eigenvalue weighted by molar-refractivity contribution is -0.137. The van der Waals surface area contributed by atoms with Crippen LogP contribution in [0.3, 0.4) is 0 Å². The molecule has 0 aliphatic heterocycles. The van der Waals surface area contributed by atoms with Crippen LogP contribution in [0.2, 0.25) is 10.0 Å². The van der Waals surface area contributed by atoms with E-state index in [9.17, 15) is 18.0 Å². The summed E-state index contributed by atoms with van der Waals surface area (Å²) in [5, 5.41) is 5.65. The highest BCUT2D eigenvalue weighted by Gasteiger charge is 2.33. The molecule has 3 nitrogen and oxygen atoms in total. The highest BCUT2D eigenvalue weighted by Crippen LogP contribution is 2.34. The molecule has 0 atom stereocenters. The van der Waals surface area contributed by atoms with Gasteiger partial charge in [-0.05, 0) is 30.3 Å². The fraction of sp³-hybridized carbons (Fsp3) is 0.133. The Morgan fingerprint density at radius 1 is 1.04 bits per heavy atom. The van der Waals surface area contributed by atoms with E-state index < -0.39 is 17.6 Å². The van der Waals surface area contributed by atoms with E-state index in [-0.39, 0.29) is 12.2 Å². The summed E-state index contributed by atoms with van der Waals surface area (Å²) in [5.41, 5.74) is -0.664. The zero-order chi connectivity index (χ0) is 17.0. The average Bonchev–Trinajstić information content (AvgIpc) is 2.48. The zero-order valence-corrected chi connectivity index (χ0v) is 13.1.